The molecule has 0 radical (unpaired) electrons. The van der Waals surface area contributed by atoms with Gasteiger partial charge in [-0.25, -0.2) is 0 Å². The molecular weight excluding hydrogens is 206 g/mol. The Labute approximate surface area is 95.9 Å². The number of rotatable bonds is 6. The second kappa shape index (κ2) is 5.48. The van der Waals surface area contributed by atoms with Crippen molar-refractivity contribution in [2.75, 3.05) is 13.2 Å². The highest BCUT2D eigenvalue weighted by Crippen LogP contribution is 2.13. The minimum absolute atomic E-state index is 0.252. The van der Waals surface area contributed by atoms with Crippen LogP contribution in [0.2, 0.25) is 0 Å². The van der Waals surface area contributed by atoms with E-state index < -0.39 is 0 Å². The fourth-order valence-corrected chi connectivity index (χ4v) is 1.41. The Hall–Kier alpha value is -0.840. The van der Waals surface area contributed by atoms with Crippen LogP contribution < -0.4 is 5.32 Å². The van der Waals surface area contributed by atoms with Gasteiger partial charge in [-0.1, -0.05) is 13.8 Å². The summed E-state index contributed by atoms with van der Waals surface area (Å²) in [6, 6.07) is 4.43. The normalized spacial score (nSPS) is 16.7. The third-order valence-corrected chi connectivity index (χ3v) is 2.47. The molecule has 1 aliphatic heterocycles. The van der Waals surface area contributed by atoms with Crippen LogP contribution in [-0.4, -0.2) is 25.4 Å². The molecule has 2 heterocycles. The maximum atomic E-state index is 5.62. The van der Waals surface area contributed by atoms with Crippen LogP contribution >= 0.6 is 0 Å². The van der Waals surface area contributed by atoms with Gasteiger partial charge >= 0.3 is 0 Å². The van der Waals surface area contributed by atoms with Crippen molar-refractivity contribution < 1.29 is 13.9 Å². The molecule has 1 fully saturated rings. The van der Waals surface area contributed by atoms with Crippen LogP contribution in [-0.2, 0) is 22.6 Å². The molecule has 0 bridgehead atoms. The van der Waals surface area contributed by atoms with E-state index >= 15 is 0 Å². The summed E-state index contributed by atoms with van der Waals surface area (Å²) in [5.41, 5.74) is 0. The first kappa shape index (κ1) is 11.6. The van der Waals surface area contributed by atoms with E-state index in [9.17, 15) is 0 Å². The summed E-state index contributed by atoms with van der Waals surface area (Å²) in [6.45, 7) is 6.96. The van der Waals surface area contributed by atoms with Crippen molar-refractivity contribution in [3.05, 3.63) is 23.7 Å². The highest BCUT2D eigenvalue weighted by molar-refractivity contribution is 5.06. The fourth-order valence-electron chi connectivity index (χ4n) is 1.41. The predicted molar refractivity (Wildman–Crippen MR) is 60.1 cm³/mol. The van der Waals surface area contributed by atoms with E-state index in [1.807, 2.05) is 12.1 Å². The van der Waals surface area contributed by atoms with Gasteiger partial charge in [0.25, 0.3) is 0 Å². The van der Waals surface area contributed by atoms with Crippen molar-refractivity contribution in [3.8, 4) is 0 Å². The van der Waals surface area contributed by atoms with E-state index in [0.717, 1.165) is 18.1 Å². The Balaban J connectivity index is 1.73. The molecular formula is C12H19NO3. The summed E-state index contributed by atoms with van der Waals surface area (Å²) in [7, 11) is 0. The maximum absolute atomic E-state index is 5.62. The van der Waals surface area contributed by atoms with Gasteiger partial charge in [-0.15, -0.1) is 0 Å². The molecule has 4 heteroatoms. The smallest absolute Gasteiger partial charge is 0.129 e. The lowest BCUT2D eigenvalue weighted by atomic mass is 10.3. The van der Waals surface area contributed by atoms with Gasteiger partial charge in [-0.3, -0.25) is 0 Å². The first-order chi connectivity index (χ1) is 7.74. The highest BCUT2D eigenvalue weighted by Gasteiger charge is 2.19. The quantitative estimate of drug-likeness (QED) is 0.800. The van der Waals surface area contributed by atoms with Crippen molar-refractivity contribution in [3.63, 3.8) is 0 Å². The zero-order valence-corrected chi connectivity index (χ0v) is 9.86. The van der Waals surface area contributed by atoms with Crippen LogP contribution in [0.25, 0.3) is 0 Å². The van der Waals surface area contributed by atoms with Crippen LogP contribution in [0, 0.1) is 0 Å². The van der Waals surface area contributed by atoms with E-state index in [1.165, 1.54) is 0 Å². The second-order valence-electron chi connectivity index (χ2n) is 4.37. The van der Waals surface area contributed by atoms with Gasteiger partial charge in [0.2, 0.25) is 0 Å². The van der Waals surface area contributed by atoms with E-state index in [2.05, 4.69) is 19.2 Å². The Morgan fingerprint density at radius 2 is 2.12 bits per heavy atom. The van der Waals surface area contributed by atoms with Crippen molar-refractivity contribution in [1.29, 1.82) is 0 Å². The summed E-state index contributed by atoms with van der Waals surface area (Å²) in [5, 5.41) is 3.31. The SMILES string of the molecule is CC(C)NCc1ccc(COC2COC2)o1. The van der Waals surface area contributed by atoms with Crippen molar-refractivity contribution in [2.45, 2.75) is 39.1 Å². The van der Waals surface area contributed by atoms with Gasteiger partial charge in [-0.2, -0.15) is 0 Å². The van der Waals surface area contributed by atoms with Crippen LogP contribution in [0.15, 0.2) is 16.5 Å². The average Bonchev–Trinajstić information content (AvgIpc) is 2.60. The molecule has 1 N–H and O–H groups in total. The summed E-state index contributed by atoms with van der Waals surface area (Å²) in [5.74, 6) is 1.84. The van der Waals surface area contributed by atoms with Gasteiger partial charge in [0.05, 0.1) is 19.8 Å². The van der Waals surface area contributed by atoms with E-state index in [4.69, 9.17) is 13.9 Å². The molecule has 16 heavy (non-hydrogen) atoms. The van der Waals surface area contributed by atoms with Gasteiger partial charge < -0.3 is 19.2 Å². The van der Waals surface area contributed by atoms with Gasteiger partial charge in [0.15, 0.2) is 0 Å². The van der Waals surface area contributed by atoms with Crippen molar-refractivity contribution >= 4 is 0 Å². The lowest BCUT2D eigenvalue weighted by molar-refractivity contribution is -0.137. The molecule has 0 spiro atoms. The first-order valence-corrected chi connectivity index (χ1v) is 5.74. The summed E-state index contributed by atoms with van der Waals surface area (Å²) in [6.07, 6.45) is 0.252. The third-order valence-electron chi connectivity index (χ3n) is 2.47. The first-order valence-electron chi connectivity index (χ1n) is 5.74. The number of hydrogen-bond acceptors (Lipinski definition) is 4. The Morgan fingerprint density at radius 1 is 1.38 bits per heavy atom. The largest absolute Gasteiger partial charge is 0.462 e. The molecule has 0 unspecified atom stereocenters. The molecule has 1 aliphatic rings. The highest BCUT2D eigenvalue weighted by atomic mass is 16.6. The molecule has 0 amide bonds. The van der Waals surface area contributed by atoms with E-state index in [-0.39, 0.29) is 6.10 Å². The molecule has 4 nitrogen and oxygen atoms in total. The minimum Gasteiger partial charge on any atom is -0.462 e. The van der Waals surface area contributed by atoms with Crippen molar-refractivity contribution in [1.82, 2.24) is 5.32 Å². The molecule has 0 saturated carbocycles. The Bertz CT molecular complexity index is 318. The van der Waals surface area contributed by atoms with Crippen molar-refractivity contribution in [2.24, 2.45) is 0 Å². The zero-order valence-electron chi connectivity index (χ0n) is 9.86. The molecule has 1 aromatic rings. The van der Waals surface area contributed by atoms with E-state index in [1.54, 1.807) is 0 Å². The standard InChI is InChI=1S/C12H19NO3/c1-9(2)13-5-10-3-4-11(16-10)8-15-12-6-14-7-12/h3-4,9,12-13H,5-8H2,1-2H3. The molecule has 1 saturated heterocycles. The van der Waals surface area contributed by atoms with Crippen LogP contribution in [0.4, 0.5) is 0 Å². The van der Waals surface area contributed by atoms with Gasteiger partial charge in [0, 0.05) is 6.04 Å². The zero-order chi connectivity index (χ0) is 11.4. The minimum atomic E-state index is 0.252. The Morgan fingerprint density at radius 3 is 2.75 bits per heavy atom. The fraction of sp³-hybridized carbons (Fsp3) is 0.667. The van der Waals surface area contributed by atoms with Crippen LogP contribution in [0.1, 0.15) is 25.4 Å². The predicted octanol–water partition coefficient (Wildman–Crippen LogP) is 1.69. The number of nitrogens with one attached hydrogen (secondary N) is 1. The average molecular weight is 225 g/mol. The second-order valence-corrected chi connectivity index (χ2v) is 4.37. The van der Waals surface area contributed by atoms with Crippen LogP contribution in [0.3, 0.4) is 0 Å². The monoisotopic (exact) mass is 225 g/mol. The third kappa shape index (κ3) is 3.33. The summed E-state index contributed by atoms with van der Waals surface area (Å²) < 4.78 is 16.2. The summed E-state index contributed by atoms with van der Waals surface area (Å²) in [4.78, 5) is 0. The number of hydrogen-bond donors (Lipinski definition) is 1. The molecule has 0 aromatic carbocycles. The number of furan rings is 1. The van der Waals surface area contributed by atoms with Crippen LogP contribution in [0.5, 0.6) is 0 Å². The molecule has 2 rings (SSSR count). The lowest BCUT2D eigenvalue weighted by Gasteiger charge is -2.25. The molecule has 1 aromatic heterocycles. The number of ether oxygens (including phenoxy) is 2. The molecule has 0 aliphatic carbocycles. The topological polar surface area (TPSA) is 43.6 Å². The lowest BCUT2D eigenvalue weighted by Crippen LogP contribution is -2.35. The maximum Gasteiger partial charge on any atom is 0.129 e. The Kier molecular flexibility index (Phi) is 3.98. The molecule has 90 valence electrons. The van der Waals surface area contributed by atoms with E-state index in [0.29, 0.717) is 25.9 Å². The van der Waals surface area contributed by atoms with Gasteiger partial charge in [0.1, 0.15) is 24.2 Å². The van der Waals surface area contributed by atoms with Gasteiger partial charge in [-0.05, 0) is 12.1 Å². The molecule has 0 atom stereocenters. The summed E-state index contributed by atoms with van der Waals surface area (Å²) >= 11 is 0.